The van der Waals surface area contributed by atoms with Crippen LogP contribution in [-0.2, 0) is 18.4 Å². The molecule has 9 heteroatoms. The Morgan fingerprint density at radius 3 is 2.74 bits per heavy atom. The van der Waals surface area contributed by atoms with Crippen molar-refractivity contribution < 1.29 is 18.7 Å². The highest BCUT2D eigenvalue weighted by molar-refractivity contribution is 7.20. The SMILES string of the molecule is COc1ccc(-c2nnc(COC(=O)c3cc4c(C)nn(C)c4s3)o2)cc1. The van der Waals surface area contributed by atoms with E-state index in [1.54, 1.807) is 30.0 Å². The van der Waals surface area contributed by atoms with Gasteiger partial charge in [-0.25, -0.2) is 4.79 Å². The summed E-state index contributed by atoms with van der Waals surface area (Å²) in [4.78, 5) is 13.8. The molecule has 4 rings (SSSR count). The van der Waals surface area contributed by atoms with Gasteiger partial charge in [0.15, 0.2) is 6.61 Å². The van der Waals surface area contributed by atoms with Crippen molar-refractivity contribution in [2.75, 3.05) is 7.11 Å². The summed E-state index contributed by atoms with van der Waals surface area (Å²) in [6.45, 7) is 1.82. The maximum Gasteiger partial charge on any atom is 0.348 e. The second-order valence-electron chi connectivity index (χ2n) is 5.84. The lowest BCUT2D eigenvalue weighted by Crippen LogP contribution is -2.03. The van der Waals surface area contributed by atoms with E-state index in [9.17, 15) is 4.79 Å². The van der Waals surface area contributed by atoms with Crippen LogP contribution in [-0.4, -0.2) is 33.1 Å². The highest BCUT2D eigenvalue weighted by atomic mass is 32.1. The monoisotopic (exact) mass is 384 g/mol. The number of hydrogen-bond acceptors (Lipinski definition) is 8. The van der Waals surface area contributed by atoms with Crippen LogP contribution >= 0.6 is 11.3 Å². The third-order valence-corrected chi connectivity index (χ3v) is 5.21. The number of thiophene rings is 1. The number of hydrogen-bond donors (Lipinski definition) is 0. The molecule has 0 bridgehead atoms. The zero-order chi connectivity index (χ0) is 19.0. The molecule has 0 aliphatic rings. The molecule has 1 aromatic carbocycles. The van der Waals surface area contributed by atoms with E-state index in [0.717, 1.165) is 27.2 Å². The van der Waals surface area contributed by atoms with Gasteiger partial charge in [0.25, 0.3) is 5.89 Å². The maximum atomic E-state index is 12.3. The summed E-state index contributed by atoms with van der Waals surface area (Å²) in [5, 5.41) is 13.2. The normalized spacial score (nSPS) is 11.1. The molecule has 0 radical (unpaired) electrons. The molecule has 138 valence electrons. The molecule has 4 aromatic rings. The number of fused-ring (bicyclic) bond motifs is 1. The standard InChI is InChI=1S/C18H16N4O4S/c1-10-13-8-14(27-17(13)22(2)21-10)18(23)25-9-15-19-20-16(26-15)11-4-6-12(24-3)7-5-11/h4-8H,9H2,1-3H3. The van der Waals surface area contributed by atoms with Crippen LogP contribution in [0.5, 0.6) is 5.75 Å². The number of aryl methyl sites for hydroxylation is 2. The first-order valence-electron chi connectivity index (χ1n) is 8.12. The average molecular weight is 384 g/mol. The summed E-state index contributed by atoms with van der Waals surface area (Å²) in [6, 6.07) is 9.03. The number of aromatic nitrogens is 4. The van der Waals surface area contributed by atoms with Crippen LogP contribution in [0.3, 0.4) is 0 Å². The minimum atomic E-state index is -0.431. The Morgan fingerprint density at radius 2 is 2.04 bits per heavy atom. The third-order valence-electron chi connectivity index (χ3n) is 4.03. The zero-order valence-electron chi connectivity index (χ0n) is 14.9. The lowest BCUT2D eigenvalue weighted by atomic mass is 10.2. The highest BCUT2D eigenvalue weighted by Crippen LogP contribution is 2.28. The van der Waals surface area contributed by atoms with E-state index >= 15 is 0 Å². The summed E-state index contributed by atoms with van der Waals surface area (Å²) in [7, 11) is 3.45. The second-order valence-corrected chi connectivity index (χ2v) is 6.87. The minimum absolute atomic E-state index is 0.0898. The van der Waals surface area contributed by atoms with E-state index in [0.29, 0.717) is 10.8 Å². The zero-order valence-corrected chi connectivity index (χ0v) is 15.7. The van der Waals surface area contributed by atoms with Crippen LogP contribution in [0.4, 0.5) is 0 Å². The van der Waals surface area contributed by atoms with Crippen molar-refractivity contribution in [3.63, 3.8) is 0 Å². The Bertz CT molecular complexity index is 1080. The van der Waals surface area contributed by atoms with E-state index in [1.807, 2.05) is 26.1 Å². The van der Waals surface area contributed by atoms with E-state index < -0.39 is 5.97 Å². The van der Waals surface area contributed by atoms with Gasteiger partial charge in [-0.05, 0) is 37.3 Å². The lowest BCUT2D eigenvalue weighted by molar-refractivity contribution is 0.0444. The molecule has 0 unspecified atom stereocenters. The van der Waals surface area contributed by atoms with Crippen molar-refractivity contribution in [3.05, 3.63) is 46.8 Å². The fraction of sp³-hybridized carbons (Fsp3) is 0.222. The Labute approximate surface area is 158 Å². The summed E-state index contributed by atoms with van der Waals surface area (Å²) in [6.07, 6.45) is 0. The van der Waals surface area contributed by atoms with Gasteiger partial charge in [-0.3, -0.25) is 4.68 Å². The molecule has 8 nitrogen and oxygen atoms in total. The number of nitrogens with zero attached hydrogens (tertiary/aromatic N) is 4. The molecule has 3 aromatic heterocycles. The molecule has 0 aliphatic carbocycles. The molecule has 0 N–H and O–H groups in total. The molecule has 0 amide bonds. The van der Waals surface area contributed by atoms with E-state index in [4.69, 9.17) is 13.9 Å². The topological polar surface area (TPSA) is 92.3 Å². The quantitative estimate of drug-likeness (QED) is 0.487. The van der Waals surface area contributed by atoms with Gasteiger partial charge in [0.2, 0.25) is 5.89 Å². The average Bonchev–Trinajstić information content (AvgIpc) is 3.38. The number of methoxy groups -OCH3 is 1. The Balaban J connectivity index is 1.44. The van der Waals surface area contributed by atoms with Gasteiger partial charge in [-0.2, -0.15) is 5.10 Å². The lowest BCUT2D eigenvalue weighted by Gasteiger charge is -2.00. The van der Waals surface area contributed by atoms with E-state index in [2.05, 4.69) is 15.3 Å². The van der Waals surface area contributed by atoms with Crippen molar-refractivity contribution in [1.29, 1.82) is 0 Å². The van der Waals surface area contributed by atoms with Gasteiger partial charge in [-0.15, -0.1) is 21.5 Å². The van der Waals surface area contributed by atoms with Crippen molar-refractivity contribution in [2.45, 2.75) is 13.5 Å². The minimum Gasteiger partial charge on any atom is -0.497 e. The smallest absolute Gasteiger partial charge is 0.348 e. The summed E-state index contributed by atoms with van der Waals surface area (Å²) in [5.41, 5.74) is 1.64. The Kier molecular flexibility index (Phi) is 4.36. The van der Waals surface area contributed by atoms with Crippen LogP contribution in [0.15, 0.2) is 34.7 Å². The number of carbonyl (C=O) groups excluding carboxylic acids is 1. The third kappa shape index (κ3) is 3.28. The fourth-order valence-electron chi connectivity index (χ4n) is 2.67. The van der Waals surface area contributed by atoms with Crippen molar-refractivity contribution >= 4 is 27.5 Å². The molecule has 27 heavy (non-hydrogen) atoms. The molecule has 0 aliphatic heterocycles. The van der Waals surface area contributed by atoms with Gasteiger partial charge in [0, 0.05) is 18.0 Å². The number of benzene rings is 1. The van der Waals surface area contributed by atoms with Crippen LogP contribution in [0.1, 0.15) is 21.3 Å². The first-order chi connectivity index (χ1) is 13.0. The van der Waals surface area contributed by atoms with Crippen molar-refractivity contribution in [1.82, 2.24) is 20.0 Å². The molecule has 0 saturated heterocycles. The van der Waals surface area contributed by atoms with Gasteiger partial charge in [0.05, 0.1) is 12.8 Å². The number of esters is 1. The largest absolute Gasteiger partial charge is 0.497 e. The van der Waals surface area contributed by atoms with E-state index in [1.165, 1.54) is 11.3 Å². The molecule has 0 atom stereocenters. The number of carbonyl (C=O) groups is 1. The molecular weight excluding hydrogens is 368 g/mol. The van der Waals surface area contributed by atoms with Crippen molar-refractivity contribution in [3.8, 4) is 17.2 Å². The van der Waals surface area contributed by atoms with Crippen LogP contribution in [0.2, 0.25) is 0 Å². The van der Waals surface area contributed by atoms with Crippen LogP contribution < -0.4 is 4.74 Å². The molecular formula is C18H16N4O4S. The first kappa shape index (κ1) is 17.2. The predicted octanol–water partition coefficient (Wildman–Crippen LogP) is 3.36. The predicted molar refractivity (Wildman–Crippen MR) is 98.7 cm³/mol. The Morgan fingerprint density at radius 1 is 1.26 bits per heavy atom. The van der Waals surface area contributed by atoms with Gasteiger partial charge in [-0.1, -0.05) is 0 Å². The highest BCUT2D eigenvalue weighted by Gasteiger charge is 2.17. The van der Waals surface area contributed by atoms with Crippen LogP contribution in [0.25, 0.3) is 21.7 Å². The molecule has 3 heterocycles. The fourth-order valence-corrected chi connectivity index (χ4v) is 3.68. The summed E-state index contributed by atoms with van der Waals surface area (Å²) in [5.74, 6) is 0.890. The first-order valence-corrected chi connectivity index (χ1v) is 8.94. The van der Waals surface area contributed by atoms with Gasteiger partial charge >= 0.3 is 5.97 Å². The number of ether oxygens (including phenoxy) is 2. The van der Waals surface area contributed by atoms with Crippen molar-refractivity contribution in [2.24, 2.45) is 7.05 Å². The van der Waals surface area contributed by atoms with E-state index in [-0.39, 0.29) is 12.5 Å². The van der Waals surface area contributed by atoms with Gasteiger partial charge < -0.3 is 13.9 Å². The maximum absolute atomic E-state index is 12.3. The molecule has 0 spiro atoms. The Hall–Kier alpha value is -3.20. The van der Waals surface area contributed by atoms with Gasteiger partial charge in [0.1, 0.15) is 15.5 Å². The molecule has 0 saturated carbocycles. The molecule has 0 fully saturated rings. The van der Waals surface area contributed by atoms with Crippen LogP contribution in [0, 0.1) is 6.92 Å². The summed E-state index contributed by atoms with van der Waals surface area (Å²) < 4.78 is 17.7. The second kappa shape index (κ2) is 6.84. The number of rotatable bonds is 5. The summed E-state index contributed by atoms with van der Waals surface area (Å²) >= 11 is 1.34.